The Balaban J connectivity index is 1.45. The van der Waals surface area contributed by atoms with Gasteiger partial charge in [0, 0.05) is 25.6 Å². The number of H-pyrrole nitrogens is 1. The highest BCUT2D eigenvalue weighted by Gasteiger charge is 2.28. The van der Waals surface area contributed by atoms with E-state index in [0.717, 1.165) is 42.9 Å². The first kappa shape index (κ1) is 14.3. The van der Waals surface area contributed by atoms with Crippen LogP contribution >= 0.6 is 0 Å². The second-order valence-corrected chi connectivity index (χ2v) is 6.19. The van der Waals surface area contributed by atoms with Gasteiger partial charge in [0.15, 0.2) is 5.69 Å². The van der Waals surface area contributed by atoms with E-state index in [1.54, 1.807) is 4.90 Å². The Hall–Kier alpha value is -2.34. The lowest BCUT2D eigenvalue weighted by Gasteiger charge is -2.21. The van der Waals surface area contributed by atoms with Crippen LogP contribution in [-0.2, 0) is 19.4 Å². The number of hydrogen-bond acceptors (Lipinski definition) is 4. The van der Waals surface area contributed by atoms with Gasteiger partial charge in [0.1, 0.15) is 11.9 Å². The van der Waals surface area contributed by atoms with E-state index in [9.17, 15) is 4.79 Å². The second kappa shape index (κ2) is 5.70. The highest BCUT2D eigenvalue weighted by molar-refractivity contribution is 5.94. The zero-order chi connectivity index (χ0) is 15.8. The fourth-order valence-electron chi connectivity index (χ4n) is 3.35. The van der Waals surface area contributed by atoms with Crippen LogP contribution in [0.1, 0.15) is 27.3 Å². The average molecular weight is 312 g/mol. The summed E-state index contributed by atoms with van der Waals surface area (Å²) in [4.78, 5) is 14.4. The molecule has 0 saturated heterocycles. The van der Waals surface area contributed by atoms with Crippen molar-refractivity contribution in [2.45, 2.75) is 25.5 Å². The van der Waals surface area contributed by atoms with Crippen LogP contribution < -0.4 is 10.1 Å². The standard InChI is InChI=1S/C17H20N4O2/c1-21(10-12-8-11-4-2-3-5-15(11)23-12)17(22)16-13-6-7-18-9-14(13)19-20-16/h2-5,12,18H,6-10H2,1H3,(H,19,20). The van der Waals surface area contributed by atoms with Gasteiger partial charge in [0.2, 0.25) is 0 Å². The van der Waals surface area contributed by atoms with Crippen molar-refractivity contribution in [3.63, 3.8) is 0 Å². The number of para-hydroxylation sites is 1. The summed E-state index contributed by atoms with van der Waals surface area (Å²) in [5.74, 6) is 0.894. The lowest BCUT2D eigenvalue weighted by atomic mass is 10.1. The lowest BCUT2D eigenvalue weighted by molar-refractivity contribution is 0.0723. The van der Waals surface area contributed by atoms with E-state index in [4.69, 9.17) is 4.74 Å². The zero-order valence-corrected chi connectivity index (χ0v) is 13.1. The Labute approximate surface area is 134 Å². The molecule has 0 saturated carbocycles. The number of carbonyl (C=O) groups is 1. The van der Waals surface area contributed by atoms with Gasteiger partial charge in [0.05, 0.1) is 12.2 Å². The topological polar surface area (TPSA) is 70.2 Å². The molecular formula is C17H20N4O2. The van der Waals surface area contributed by atoms with E-state index in [-0.39, 0.29) is 12.0 Å². The number of rotatable bonds is 3. The molecule has 4 rings (SSSR count). The summed E-state index contributed by atoms with van der Waals surface area (Å²) in [6.45, 7) is 2.20. The molecule has 120 valence electrons. The summed E-state index contributed by atoms with van der Waals surface area (Å²) in [6.07, 6.45) is 1.69. The molecule has 0 bridgehead atoms. The van der Waals surface area contributed by atoms with Crippen molar-refractivity contribution in [1.82, 2.24) is 20.4 Å². The summed E-state index contributed by atoms with van der Waals surface area (Å²) in [6, 6.07) is 8.05. The van der Waals surface area contributed by atoms with Gasteiger partial charge in [-0.2, -0.15) is 5.10 Å². The van der Waals surface area contributed by atoms with Gasteiger partial charge in [-0.3, -0.25) is 9.89 Å². The van der Waals surface area contributed by atoms with E-state index in [1.807, 2.05) is 25.2 Å². The van der Waals surface area contributed by atoms with E-state index >= 15 is 0 Å². The van der Waals surface area contributed by atoms with Gasteiger partial charge in [0.25, 0.3) is 5.91 Å². The number of benzene rings is 1. The molecule has 2 aliphatic rings. The predicted octanol–water partition coefficient (Wildman–Crippen LogP) is 1.13. The largest absolute Gasteiger partial charge is 0.488 e. The number of carbonyl (C=O) groups excluding carboxylic acids is 1. The minimum Gasteiger partial charge on any atom is -0.488 e. The summed E-state index contributed by atoms with van der Waals surface area (Å²) in [5.41, 5.74) is 3.84. The number of aromatic nitrogens is 2. The van der Waals surface area contributed by atoms with Crippen molar-refractivity contribution in [2.75, 3.05) is 20.1 Å². The molecule has 6 nitrogen and oxygen atoms in total. The van der Waals surface area contributed by atoms with Crippen molar-refractivity contribution in [3.05, 3.63) is 46.8 Å². The van der Waals surface area contributed by atoms with Crippen LogP contribution in [0.4, 0.5) is 0 Å². The minimum atomic E-state index is -0.0380. The molecule has 0 spiro atoms. The van der Waals surface area contributed by atoms with Crippen molar-refractivity contribution in [1.29, 1.82) is 0 Å². The third-order valence-electron chi connectivity index (χ3n) is 4.55. The maximum atomic E-state index is 12.7. The van der Waals surface area contributed by atoms with Crippen LogP contribution in [0, 0.1) is 0 Å². The molecule has 23 heavy (non-hydrogen) atoms. The molecule has 1 aromatic carbocycles. The molecule has 1 atom stereocenters. The molecule has 1 amide bonds. The Morgan fingerprint density at radius 2 is 2.30 bits per heavy atom. The van der Waals surface area contributed by atoms with Crippen molar-refractivity contribution >= 4 is 5.91 Å². The van der Waals surface area contributed by atoms with Crippen LogP contribution in [0.3, 0.4) is 0 Å². The minimum absolute atomic E-state index is 0.0118. The van der Waals surface area contributed by atoms with Gasteiger partial charge in [-0.1, -0.05) is 18.2 Å². The normalized spacial score (nSPS) is 18.9. The Kier molecular flexibility index (Phi) is 3.53. The van der Waals surface area contributed by atoms with Crippen molar-refractivity contribution in [3.8, 4) is 5.75 Å². The highest BCUT2D eigenvalue weighted by atomic mass is 16.5. The monoisotopic (exact) mass is 312 g/mol. The number of ether oxygens (including phenoxy) is 1. The SMILES string of the molecule is CN(CC1Cc2ccccc2O1)C(=O)c1n[nH]c2c1CCNC2. The Morgan fingerprint density at radius 1 is 1.43 bits per heavy atom. The number of nitrogens with zero attached hydrogens (tertiary/aromatic N) is 2. The Morgan fingerprint density at radius 3 is 3.17 bits per heavy atom. The third kappa shape index (κ3) is 2.59. The van der Waals surface area contributed by atoms with Crippen LogP contribution in [0.5, 0.6) is 5.75 Å². The molecule has 2 aromatic rings. The summed E-state index contributed by atoms with van der Waals surface area (Å²) in [5, 5.41) is 10.5. The highest BCUT2D eigenvalue weighted by Crippen LogP contribution is 2.28. The summed E-state index contributed by atoms with van der Waals surface area (Å²) >= 11 is 0. The van der Waals surface area contributed by atoms with Crippen LogP contribution in [0.15, 0.2) is 24.3 Å². The number of aromatic amines is 1. The number of likely N-dealkylation sites (N-methyl/N-ethyl adjacent to an activating group) is 1. The first-order valence-corrected chi connectivity index (χ1v) is 7.99. The van der Waals surface area contributed by atoms with Crippen molar-refractivity contribution in [2.24, 2.45) is 0 Å². The first-order valence-electron chi connectivity index (χ1n) is 7.99. The van der Waals surface area contributed by atoms with Crippen LogP contribution in [0.2, 0.25) is 0 Å². The summed E-state index contributed by atoms with van der Waals surface area (Å²) < 4.78 is 5.93. The smallest absolute Gasteiger partial charge is 0.274 e. The second-order valence-electron chi connectivity index (χ2n) is 6.19. The van der Waals surface area contributed by atoms with Gasteiger partial charge in [-0.25, -0.2) is 0 Å². The third-order valence-corrected chi connectivity index (χ3v) is 4.55. The molecule has 2 aliphatic heterocycles. The molecular weight excluding hydrogens is 292 g/mol. The fourth-order valence-corrected chi connectivity index (χ4v) is 3.35. The predicted molar refractivity (Wildman–Crippen MR) is 85.5 cm³/mol. The molecule has 0 fully saturated rings. The molecule has 6 heteroatoms. The van der Waals surface area contributed by atoms with Crippen LogP contribution in [0.25, 0.3) is 0 Å². The van der Waals surface area contributed by atoms with E-state index in [1.165, 1.54) is 5.56 Å². The van der Waals surface area contributed by atoms with Gasteiger partial charge < -0.3 is 15.0 Å². The molecule has 1 aromatic heterocycles. The number of fused-ring (bicyclic) bond motifs is 2. The maximum absolute atomic E-state index is 12.7. The van der Waals surface area contributed by atoms with Gasteiger partial charge >= 0.3 is 0 Å². The molecule has 2 N–H and O–H groups in total. The Bertz CT molecular complexity index is 715. The van der Waals surface area contributed by atoms with Crippen LogP contribution in [-0.4, -0.2) is 47.2 Å². The average Bonchev–Trinajstić information content (AvgIpc) is 3.17. The van der Waals surface area contributed by atoms with Crippen molar-refractivity contribution < 1.29 is 9.53 Å². The van der Waals surface area contributed by atoms with E-state index < -0.39 is 0 Å². The van der Waals surface area contributed by atoms with E-state index in [0.29, 0.717) is 12.2 Å². The lowest BCUT2D eigenvalue weighted by Crippen LogP contribution is -2.37. The molecule has 3 heterocycles. The number of nitrogens with one attached hydrogen (secondary N) is 2. The fraction of sp³-hybridized carbons (Fsp3) is 0.412. The van der Waals surface area contributed by atoms with Gasteiger partial charge in [-0.15, -0.1) is 0 Å². The van der Waals surface area contributed by atoms with E-state index in [2.05, 4.69) is 21.6 Å². The quantitative estimate of drug-likeness (QED) is 0.891. The zero-order valence-electron chi connectivity index (χ0n) is 13.1. The summed E-state index contributed by atoms with van der Waals surface area (Å²) in [7, 11) is 1.82. The first-order chi connectivity index (χ1) is 11.2. The number of amides is 1. The van der Waals surface area contributed by atoms with Gasteiger partial charge in [-0.05, 0) is 24.6 Å². The molecule has 0 radical (unpaired) electrons. The molecule has 1 unspecified atom stereocenters. The number of hydrogen-bond donors (Lipinski definition) is 2. The maximum Gasteiger partial charge on any atom is 0.274 e. The molecule has 0 aliphatic carbocycles.